The summed E-state index contributed by atoms with van der Waals surface area (Å²) in [6.45, 7) is 0. The van der Waals surface area contributed by atoms with E-state index in [-0.39, 0.29) is 0 Å². The molecule has 2 fully saturated rings. The lowest BCUT2D eigenvalue weighted by Crippen LogP contribution is -2.47. The van der Waals surface area contributed by atoms with Crippen molar-refractivity contribution in [2.45, 2.75) is 70.0 Å². The van der Waals surface area contributed by atoms with Crippen LogP contribution in [-0.2, 0) is 14.3 Å². The molecule has 19 heavy (non-hydrogen) atoms. The molecule has 0 amide bonds. The van der Waals surface area contributed by atoms with Crippen molar-refractivity contribution in [3.63, 3.8) is 0 Å². The van der Waals surface area contributed by atoms with Crippen LogP contribution in [0.1, 0.15) is 64.2 Å². The molecule has 0 aromatic carbocycles. The van der Waals surface area contributed by atoms with Gasteiger partial charge in [-0.3, -0.25) is 9.59 Å². The van der Waals surface area contributed by atoms with Crippen molar-refractivity contribution in [1.82, 2.24) is 0 Å². The summed E-state index contributed by atoms with van der Waals surface area (Å²) in [6.07, 6.45) is 6.49. The Morgan fingerprint density at radius 1 is 0.842 bits per heavy atom. The summed E-state index contributed by atoms with van der Waals surface area (Å²) in [7, 11) is 0. The molecule has 2 aliphatic rings. The molecule has 0 aromatic rings. The molecule has 2 rings (SSSR count). The number of carbonyl (C=O) groups excluding carboxylic acids is 1. The van der Waals surface area contributed by atoms with Gasteiger partial charge in [-0.1, -0.05) is 25.7 Å². The van der Waals surface area contributed by atoms with Gasteiger partial charge in [-0.2, -0.15) is 0 Å². The third-order valence-electron chi connectivity index (χ3n) is 4.42. The molecular weight excluding hydrogens is 248 g/mol. The van der Waals surface area contributed by atoms with Crippen LogP contribution in [0, 0.1) is 5.41 Å². The lowest BCUT2D eigenvalue weighted by atomic mass is 9.74. The van der Waals surface area contributed by atoms with E-state index in [0.717, 1.165) is 38.5 Å². The molecule has 5 heteroatoms. The highest BCUT2D eigenvalue weighted by molar-refractivity contribution is 5.99. The van der Waals surface area contributed by atoms with E-state index in [2.05, 4.69) is 0 Å². The van der Waals surface area contributed by atoms with Gasteiger partial charge in [0.1, 0.15) is 0 Å². The molecule has 0 bridgehead atoms. The quantitative estimate of drug-likeness (QED) is 0.466. The van der Waals surface area contributed by atoms with Crippen molar-refractivity contribution < 1.29 is 24.5 Å². The van der Waals surface area contributed by atoms with Gasteiger partial charge in [0.05, 0.1) is 0 Å². The van der Waals surface area contributed by atoms with Crippen molar-refractivity contribution in [3.8, 4) is 0 Å². The Kier molecular flexibility index (Phi) is 4.13. The number of carbonyl (C=O) groups is 2. The topological polar surface area (TPSA) is 83.8 Å². The van der Waals surface area contributed by atoms with E-state index in [1.807, 2.05) is 0 Å². The van der Waals surface area contributed by atoms with E-state index >= 15 is 0 Å². The molecule has 5 nitrogen and oxygen atoms in total. The lowest BCUT2D eigenvalue weighted by molar-refractivity contribution is -0.231. The Balaban J connectivity index is 2.09. The monoisotopic (exact) mass is 270 g/mol. The first kappa shape index (κ1) is 14.3. The molecule has 0 unspecified atom stereocenters. The van der Waals surface area contributed by atoms with Crippen LogP contribution in [-0.4, -0.2) is 27.9 Å². The van der Waals surface area contributed by atoms with Crippen molar-refractivity contribution in [2.75, 3.05) is 0 Å². The zero-order valence-corrected chi connectivity index (χ0v) is 11.2. The highest BCUT2D eigenvalue weighted by atomic mass is 16.7. The van der Waals surface area contributed by atoms with Crippen molar-refractivity contribution >= 4 is 11.9 Å². The number of hydrogen-bond acceptors (Lipinski definition) is 4. The number of rotatable bonds is 3. The summed E-state index contributed by atoms with van der Waals surface area (Å²) in [5.74, 6) is -3.31. The maximum absolute atomic E-state index is 12.3. The summed E-state index contributed by atoms with van der Waals surface area (Å²) in [4.78, 5) is 23.8. The van der Waals surface area contributed by atoms with E-state index in [1.54, 1.807) is 0 Å². The third kappa shape index (κ3) is 2.91. The van der Waals surface area contributed by atoms with E-state index in [0.29, 0.717) is 25.7 Å². The van der Waals surface area contributed by atoms with E-state index in [1.165, 1.54) is 0 Å². The SMILES string of the molecule is O=C(O)C1(C(=O)OC2(O)CCCCC2)CCCCC1. The second-order valence-electron chi connectivity index (χ2n) is 5.84. The number of carboxylic acid groups (broad SMARTS) is 1. The van der Waals surface area contributed by atoms with Crippen LogP contribution in [0.2, 0.25) is 0 Å². The van der Waals surface area contributed by atoms with Gasteiger partial charge in [0.25, 0.3) is 0 Å². The molecule has 0 heterocycles. The fraction of sp³-hybridized carbons (Fsp3) is 0.857. The lowest BCUT2D eigenvalue weighted by Gasteiger charge is -2.37. The highest BCUT2D eigenvalue weighted by Crippen LogP contribution is 2.40. The Morgan fingerprint density at radius 2 is 1.32 bits per heavy atom. The van der Waals surface area contributed by atoms with E-state index in [9.17, 15) is 19.8 Å². The number of aliphatic hydroxyl groups is 1. The third-order valence-corrected chi connectivity index (χ3v) is 4.42. The summed E-state index contributed by atoms with van der Waals surface area (Å²) in [5.41, 5.74) is -1.44. The van der Waals surface area contributed by atoms with Gasteiger partial charge in [-0.25, -0.2) is 0 Å². The Morgan fingerprint density at radius 3 is 1.79 bits per heavy atom. The fourth-order valence-electron chi connectivity index (χ4n) is 3.14. The molecule has 0 radical (unpaired) electrons. The molecular formula is C14H22O5. The maximum Gasteiger partial charge on any atom is 0.325 e. The van der Waals surface area contributed by atoms with Crippen molar-refractivity contribution in [3.05, 3.63) is 0 Å². The van der Waals surface area contributed by atoms with Gasteiger partial charge in [0, 0.05) is 12.8 Å². The predicted molar refractivity (Wildman–Crippen MR) is 67.3 cm³/mol. The Hall–Kier alpha value is -1.10. The first-order valence-corrected chi connectivity index (χ1v) is 7.18. The second kappa shape index (κ2) is 5.49. The summed E-state index contributed by atoms with van der Waals surface area (Å²) >= 11 is 0. The summed E-state index contributed by atoms with van der Waals surface area (Å²) < 4.78 is 5.22. The minimum absolute atomic E-state index is 0.317. The maximum atomic E-state index is 12.3. The second-order valence-corrected chi connectivity index (χ2v) is 5.84. The molecule has 2 N–H and O–H groups in total. The number of hydrogen-bond donors (Lipinski definition) is 2. The van der Waals surface area contributed by atoms with Gasteiger partial charge in [-0.15, -0.1) is 0 Å². The van der Waals surface area contributed by atoms with Gasteiger partial charge in [0.2, 0.25) is 5.79 Å². The summed E-state index contributed by atoms with van der Waals surface area (Å²) in [5, 5.41) is 19.6. The predicted octanol–water partition coefficient (Wildman–Crippen LogP) is 2.22. The molecule has 2 aliphatic carbocycles. The molecule has 108 valence electrons. The first-order chi connectivity index (χ1) is 8.99. The largest absolute Gasteiger partial charge is 0.480 e. The van der Waals surface area contributed by atoms with Gasteiger partial charge in [-0.05, 0) is 25.7 Å². The molecule has 2 saturated carbocycles. The van der Waals surface area contributed by atoms with Crippen LogP contribution in [0.5, 0.6) is 0 Å². The minimum Gasteiger partial charge on any atom is -0.480 e. The van der Waals surface area contributed by atoms with Crippen LogP contribution in [0.4, 0.5) is 0 Å². The van der Waals surface area contributed by atoms with Crippen LogP contribution in [0.25, 0.3) is 0 Å². The average molecular weight is 270 g/mol. The number of esters is 1. The summed E-state index contributed by atoms with van der Waals surface area (Å²) in [6, 6.07) is 0. The van der Waals surface area contributed by atoms with Crippen LogP contribution in [0.15, 0.2) is 0 Å². The fourth-order valence-corrected chi connectivity index (χ4v) is 3.14. The van der Waals surface area contributed by atoms with Gasteiger partial charge in [0.15, 0.2) is 5.41 Å². The Bertz CT molecular complexity index is 351. The molecule has 0 saturated heterocycles. The number of ether oxygens (including phenoxy) is 1. The Labute approximate surface area is 112 Å². The normalized spacial score (nSPS) is 25.5. The van der Waals surface area contributed by atoms with Crippen LogP contribution < -0.4 is 0 Å². The average Bonchev–Trinajstić information content (AvgIpc) is 2.39. The van der Waals surface area contributed by atoms with Crippen LogP contribution >= 0.6 is 0 Å². The molecule has 0 aliphatic heterocycles. The number of carboxylic acids is 1. The number of aliphatic carboxylic acids is 1. The first-order valence-electron chi connectivity index (χ1n) is 7.18. The standard InChI is InChI=1S/C14H22O5/c15-11(16)13(7-3-1-4-8-13)12(17)19-14(18)9-5-2-6-10-14/h18H,1-10H2,(H,15,16). The van der Waals surface area contributed by atoms with E-state index < -0.39 is 23.1 Å². The molecule has 0 spiro atoms. The van der Waals surface area contributed by atoms with E-state index in [4.69, 9.17) is 4.74 Å². The van der Waals surface area contributed by atoms with Crippen LogP contribution in [0.3, 0.4) is 0 Å². The van der Waals surface area contributed by atoms with Gasteiger partial charge < -0.3 is 14.9 Å². The zero-order valence-electron chi connectivity index (χ0n) is 11.2. The molecule has 0 aromatic heterocycles. The highest BCUT2D eigenvalue weighted by Gasteiger charge is 2.50. The van der Waals surface area contributed by atoms with Crippen molar-refractivity contribution in [2.24, 2.45) is 5.41 Å². The van der Waals surface area contributed by atoms with Gasteiger partial charge >= 0.3 is 11.9 Å². The van der Waals surface area contributed by atoms with Crippen molar-refractivity contribution in [1.29, 1.82) is 0 Å². The molecule has 0 atom stereocenters. The minimum atomic E-state index is -1.45. The zero-order chi connectivity index (χ0) is 13.9. The smallest absolute Gasteiger partial charge is 0.325 e.